The first-order valence-corrected chi connectivity index (χ1v) is 3.88. The van der Waals surface area contributed by atoms with Gasteiger partial charge < -0.3 is 0 Å². The molecule has 0 spiro atoms. The van der Waals surface area contributed by atoms with E-state index >= 15 is 0 Å². The van der Waals surface area contributed by atoms with Crippen LogP contribution in [0.25, 0.3) is 0 Å². The highest BCUT2D eigenvalue weighted by atomic mass is 16.1. The summed E-state index contributed by atoms with van der Waals surface area (Å²) in [7, 11) is 0. The highest BCUT2D eigenvalue weighted by Crippen LogP contribution is 2.02. The maximum atomic E-state index is 11.0. The summed E-state index contributed by atoms with van der Waals surface area (Å²) in [5, 5.41) is 0. The molecule has 4 nitrogen and oxygen atoms in total. The van der Waals surface area contributed by atoms with Crippen LogP contribution in [0.4, 0.5) is 0 Å². The first-order valence-electron chi connectivity index (χ1n) is 3.88. The quantitative estimate of drug-likeness (QED) is 0.638. The fraction of sp³-hybridized carbons (Fsp3) is 0.333. The van der Waals surface area contributed by atoms with Gasteiger partial charge in [0.25, 0.3) is 0 Å². The Morgan fingerprint density at radius 2 is 1.46 bits per heavy atom. The monoisotopic (exact) mass is 178 g/mol. The summed E-state index contributed by atoms with van der Waals surface area (Å²) in [5.41, 5.74) is 0.579. The number of rotatable bonds is 2. The Kier molecular flexibility index (Phi) is 2.51. The lowest BCUT2D eigenvalue weighted by atomic mass is 10.2. The zero-order valence-corrected chi connectivity index (χ0v) is 7.79. The van der Waals surface area contributed by atoms with Crippen molar-refractivity contribution in [3.63, 3.8) is 0 Å². The fourth-order valence-electron chi connectivity index (χ4n) is 0.928. The van der Waals surface area contributed by atoms with Gasteiger partial charge in [-0.05, 0) is 13.0 Å². The molecule has 0 N–H and O–H groups in total. The number of ketones is 2. The zero-order chi connectivity index (χ0) is 10.0. The molecule has 0 atom stereocenters. The maximum absolute atomic E-state index is 11.0. The first-order chi connectivity index (χ1) is 6.00. The minimum absolute atomic E-state index is 0.159. The lowest BCUT2D eigenvalue weighted by Crippen LogP contribution is -2.06. The molecule has 1 aromatic heterocycles. The molecule has 0 amide bonds. The van der Waals surface area contributed by atoms with Crippen LogP contribution < -0.4 is 0 Å². The van der Waals surface area contributed by atoms with Crippen LogP contribution in [0.1, 0.15) is 40.6 Å². The minimum Gasteiger partial charge on any atom is -0.293 e. The Morgan fingerprint density at radius 3 is 1.77 bits per heavy atom. The molecule has 68 valence electrons. The van der Waals surface area contributed by atoms with Crippen LogP contribution in [0.15, 0.2) is 6.07 Å². The molecule has 0 fully saturated rings. The molecule has 1 rings (SSSR count). The molecule has 0 unspecified atom stereocenters. The second-order valence-electron chi connectivity index (χ2n) is 2.80. The lowest BCUT2D eigenvalue weighted by Gasteiger charge is -1.99. The van der Waals surface area contributed by atoms with Crippen molar-refractivity contribution < 1.29 is 9.59 Å². The normalized spacial score (nSPS) is 9.77. The summed E-state index contributed by atoms with van der Waals surface area (Å²) in [5.74, 6) is 0.124. The average molecular weight is 178 g/mol. The topological polar surface area (TPSA) is 59.9 Å². The summed E-state index contributed by atoms with van der Waals surface area (Å²) >= 11 is 0. The third kappa shape index (κ3) is 2.18. The van der Waals surface area contributed by atoms with Crippen LogP contribution in [0, 0.1) is 6.92 Å². The third-order valence-corrected chi connectivity index (χ3v) is 1.56. The van der Waals surface area contributed by atoms with Crippen molar-refractivity contribution in [3.05, 3.63) is 23.3 Å². The number of hydrogen-bond acceptors (Lipinski definition) is 4. The van der Waals surface area contributed by atoms with Gasteiger partial charge in [-0.1, -0.05) is 0 Å². The number of aromatic nitrogens is 2. The molecule has 0 aliphatic heterocycles. The number of hydrogen-bond donors (Lipinski definition) is 0. The van der Waals surface area contributed by atoms with Crippen molar-refractivity contribution in [2.24, 2.45) is 0 Å². The van der Waals surface area contributed by atoms with E-state index in [1.165, 1.54) is 19.9 Å². The van der Waals surface area contributed by atoms with Crippen molar-refractivity contribution in [3.8, 4) is 0 Å². The molecule has 0 aromatic carbocycles. The van der Waals surface area contributed by atoms with E-state index in [1.54, 1.807) is 6.92 Å². The Bertz CT molecular complexity index is 340. The number of nitrogens with zero attached hydrogens (tertiary/aromatic N) is 2. The second-order valence-corrected chi connectivity index (χ2v) is 2.80. The van der Waals surface area contributed by atoms with Gasteiger partial charge in [0.15, 0.2) is 11.6 Å². The standard InChI is InChI=1S/C9H10N2O2/c1-5(12)8-4-9(6(2)13)11-7(3)10-8/h4H,1-3H3. The van der Waals surface area contributed by atoms with Crippen LogP contribution in [0.2, 0.25) is 0 Å². The van der Waals surface area contributed by atoms with E-state index in [2.05, 4.69) is 9.97 Å². The molecule has 0 saturated carbocycles. The van der Waals surface area contributed by atoms with Gasteiger partial charge in [-0.2, -0.15) is 0 Å². The van der Waals surface area contributed by atoms with Gasteiger partial charge in [-0.15, -0.1) is 0 Å². The SMILES string of the molecule is CC(=O)c1cc(C(C)=O)nc(C)n1. The summed E-state index contributed by atoms with van der Waals surface area (Å²) < 4.78 is 0. The van der Waals surface area contributed by atoms with Gasteiger partial charge in [0, 0.05) is 13.8 Å². The Hall–Kier alpha value is -1.58. The largest absolute Gasteiger partial charge is 0.293 e. The number of carbonyl (C=O) groups is 2. The minimum atomic E-state index is -0.159. The molecule has 0 aliphatic rings. The highest BCUT2D eigenvalue weighted by molar-refractivity contribution is 5.97. The van der Waals surface area contributed by atoms with E-state index in [0.717, 1.165) is 0 Å². The Labute approximate surface area is 76.0 Å². The summed E-state index contributed by atoms with van der Waals surface area (Å²) in [4.78, 5) is 29.7. The predicted molar refractivity (Wildman–Crippen MR) is 46.8 cm³/mol. The highest BCUT2D eigenvalue weighted by Gasteiger charge is 2.08. The van der Waals surface area contributed by atoms with E-state index in [4.69, 9.17) is 0 Å². The number of aryl methyl sites for hydroxylation is 1. The smallest absolute Gasteiger partial charge is 0.178 e. The maximum Gasteiger partial charge on any atom is 0.178 e. The van der Waals surface area contributed by atoms with Crippen LogP contribution in [-0.4, -0.2) is 21.5 Å². The van der Waals surface area contributed by atoms with Crippen LogP contribution >= 0.6 is 0 Å². The number of Topliss-reactive ketones (excluding diaryl/α,β-unsaturated/α-hetero) is 2. The van der Waals surface area contributed by atoms with Gasteiger partial charge in [0.05, 0.1) is 0 Å². The van der Waals surface area contributed by atoms with Crippen molar-refractivity contribution in [1.82, 2.24) is 9.97 Å². The van der Waals surface area contributed by atoms with Crippen molar-refractivity contribution in [1.29, 1.82) is 0 Å². The molecule has 0 bridgehead atoms. The van der Waals surface area contributed by atoms with Crippen molar-refractivity contribution in [2.45, 2.75) is 20.8 Å². The average Bonchev–Trinajstić information content (AvgIpc) is 2.03. The van der Waals surface area contributed by atoms with E-state index in [9.17, 15) is 9.59 Å². The Morgan fingerprint density at radius 1 is 1.08 bits per heavy atom. The van der Waals surface area contributed by atoms with E-state index in [0.29, 0.717) is 5.82 Å². The fourth-order valence-corrected chi connectivity index (χ4v) is 0.928. The van der Waals surface area contributed by atoms with Gasteiger partial charge in [-0.3, -0.25) is 9.59 Å². The van der Waals surface area contributed by atoms with Gasteiger partial charge >= 0.3 is 0 Å². The van der Waals surface area contributed by atoms with Crippen molar-refractivity contribution in [2.75, 3.05) is 0 Å². The molecule has 0 aliphatic carbocycles. The summed E-state index contributed by atoms with van der Waals surface area (Å²) in [6.07, 6.45) is 0. The van der Waals surface area contributed by atoms with E-state index in [-0.39, 0.29) is 23.0 Å². The van der Waals surface area contributed by atoms with Crippen LogP contribution in [0.5, 0.6) is 0 Å². The second kappa shape index (κ2) is 3.43. The third-order valence-electron chi connectivity index (χ3n) is 1.56. The molecule has 1 heterocycles. The van der Waals surface area contributed by atoms with Gasteiger partial charge in [-0.25, -0.2) is 9.97 Å². The molecule has 13 heavy (non-hydrogen) atoms. The Balaban J connectivity index is 3.26. The molecule has 0 radical (unpaired) electrons. The zero-order valence-electron chi connectivity index (χ0n) is 7.79. The van der Waals surface area contributed by atoms with E-state index < -0.39 is 0 Å². The van der Waals surface area contributed by atoms with Crippen molar-refractivity contribution >= 4 is 11.6 Å². The molecule has 4 heteroatoms. The molecule has 1 aromatic rings. The van der Waals surface area contributed by atoms with Crippen LogP contribution in [-0.2, 0) is 0 Å². The molecular weight excluding hydrogens is 168 g/mol. The van der Waals surface area contributed by atoms with E-state index in [1.807, 2.05) is 0 Å². The van der Waals surface area contributed by atoms with Gasteiger partial charge in [0.2, 0.25) is 0 Å². The molecule has 0 saturated heterocycles. The summed E-state index contributed by atoms with van der Waals surface area (Å²) in [6.45, 7) is 4.47. The first kappa shape index (κ1) is 9.51. The predicted octanol–water partition coefficient (Wildman–Crippen LogP) is 1.19. The van der Waals surface area contributed by atoms with Crippen LogP contribution in [0.3, 0.4) is 0 Å². The number of carbonyl (C=O) groups excluding carboxylic acids is 2. The lowest BCUT2D eigenvalue weighted by molar-refractivity contribution is 0.101. The molecular formula is C9H10N2O2. The summed E-state index contributed by atoms with van der Waals surface area (Å²) in [6, 6.07) is 1.41. The van der Waals surface area contributed by atoms with Gasteiger partial charge in [0.1, 0.15) is 17.2 Å².